The number of anilines is 1. The van der Waals surface area contributed by atoms with Crippen molar-refractivity contribution in [2.24, 2.45) is 0 Å². The van der Waals surface area contributed by atoms with Crippen molar-refractivity contribution in [2.45, 2.75) is 6.54 Å². The van der Waals surface area contributed by atoms with E-state index in [2.05, 4.69) is 21.2 Å². The number of carbonyl (C=O) groups excluding carboxylic acids is 1. The highest BCUT2D eigenvalue weighted by Gasteiger charge is 2.18. The third kappa shape index (κ3) is 3.87. The lowest BCUT2D eigenvalue weighted by atomic mass is 10.1. The first kappa shape index (κ1) is 17.0. The third-order valence-corrected chi connectivity index (χ3v) is 4.21. The van der Waals surface area contributed by atoms with Crippen LogP contribution in [0.1, 0.15) is 15.9 Å². The highest BCUT2D eigenvalue weighted by molar-refractivity contribution is 9.10. The summed E-state index contributed by atoms with van der Waals surface area (Å²) in [6.07, 6.45) is 0. The van der Waals surface area contributed by atoms with Crippen molar-refractivity contribution in [3.8, 4) is 0 Å². The lowest BCUT2D eigenvalue weighted by Crippen LogP contribution is -2.24. The van der Waals surface area contributed by atoms with Gasteiger partial charge >= 0.3 is 0 Å². The maximum Gasteiger partial charge on any atom is 0.270 e. The Kier molecular flexibility index (Phi) is 5.33. The van der Waals surface area contributed by atoms with Gasteiger partial charge in [0.1, 0.15) is 0 Å². The molecule has 0 radical (unpaired) electrons. The van der Waals surface area contributed by atoms with Gasteiger partial charge in [0.2, 0.25) is 0 Å². The predicted octanol–water partition coefficient (Wildman–Crippen LogP) is 3.35. The standard InChI is InChI=1S/C16H16BrN3O3/c1-18-16(21)13-9-12(20(22)23)7-8-15(13)19(2)10-11-5-3-4-6-14(11)17/h3-9H,10H2,1-2H3,(H,18,21). The van der Waals surface area contributed by atoms with Gasteiger partial charge in [0.15, 0.2) is 0 Å². The molecule has 120 valence electrons. The molecule has 0 atom stereocenters. The summed E-state index contributed by atoms with van der Waals surface area (Å²) in [5, 5.41) is 13.5. The van der Waals surface area contributed by atoms with Crippen molar-refractivity contribution < 1.29 is 9.72 Å². The summed E-state index contributed by atoms with van der Waals surface area (Å²) in [5.41, 5.74) is 1.85. The monoisotopic (exact) mass is 377 g/mol. The minimum absolute atomic E-state index is 0.110. The summed E-state index contributed by atoms with van der Waals surface area (Å²) >= 11 is 3.49. The van der Waals surface area contributed by atoms with Gasteiger partial charge in [-0.3, -0.25) is 14.9 Å². The van der Waals surface area contributed by atoms with Gasteiger partial charge in [-0.15, -0.1) is 0 Å². The van der Waals surface area contributed by atoms with E-state index in [0.717, 1.165) is 10.0 Å². The lowest BCUT2D eigenvalue weighted by Gasteiger charge is -2.22. The molecule has 7 heteroatoms. The Morgan fingerprint density at radius 2 is 2.00 bits per heavy atom. The summed E-state index contributed by atoms with van der Waals surface area (Å²) in [6.45, 7) is 0.559. The van der Waals surface area contributed by atoms with E-state index in [1.165, 1.54) is 19.2 Å². The van der Waals surface area contributed by atoms with Gasteiger partial charge in [-0.2, -0.15) is 0 Å². The number of nitrogens with zero attached hydrogens (tertiary/aromatic N) is 2. The number of nitro benzene ring substituents is 1. The Morgan fingerprint density at radius 1 is 1.30 bits per heavy atom. The molecule has 0 aliphatic carbocycles. The van der Waals surface area contributed by atoms with E-state index in [1.807, 2.05) is 36.2 Å². The third-order valence-electron chi connectivity index (χ3n) is 3.44. The summed E-state index contributed by atoms with van der Waals surface area (Å²) in [6, 6.07) is 12.1. The van der Waals surface area contributed by atoms with Crippen molar-refractivity contribution in [1.29, 1.82) is 0 Å². The maximum atomic E-state index is 12.1. The number of hydrogen-bond acceptors (Lipinski definition) is 4. The highest BCUT2D eigenvalue weighted by Crippen LogP contribution is 2.27. The minimum Gasteiger partial charge on any atom is -0.370 e. The zero-order valence-electron chi connectivity index (χ0n) is 12.7. The van der Waals surface area contributed by atoms with Crippen LogP contribution in [0, 0.1) is 10.1 Å². The van der Waals surface area contributed by atoms with Crippen molar-refractivity contribution in [2.75, 3.05) is 19.0 Å². The molecule has 0 aromatic heterocycles. The van der Waals surface area contributed by atoms with E-state index < -0.39 is 4.92 Å². The molecule has 2 rings (SSSR count). The smallest absolute Gasteiger partial charge is 0.270 e. The van der Waals surface area contributed by atoms with Crippen LogP contribution in [0.4, 0.5) is 11.4 Å². The van der Waals surface area contributed by atoms with E-state index in [9.17, 15) is 14.9 Å². The maximum absolute atomic E-state index is 12.1. The molecule has 0 aliphatic heterocycles. The molecule has 0 spiro atoms. The molecule has 1 amide bonds. The lowest BCUT2D eigenvalue weighted by molar-refractivity contribution is -0.384. The second-order valence-electron chi connectivity index (χ2n) is 4.99. The molecule has 1 N–H and O–H groups in total. The van der Waals surface area contributed by atoms with Crippen LogP contribution in [0.5, 0.6) is 0 Å². The zero-order valence-corrected chi connectivity index (χ0v) is 14.3. The largest absolute Gasteiger partial charge is 0.370 e. The number of amides is 1. The minimum atomic E-state index is -0.510. The molecule has 23 heavy (non-hydrogen) atoms. The number of non-ortho nitro benzene ring substituents is 1. The molecular formula is C16H16BrN3O3. The van der Waals surface area contributed by atoms with Crippen LogP contribution in [-0.2, 0) is 6.54 Å². The molecule has 2 aromatic carbocycles. The number of rotatable bonds is 5. The van der Waals surface area contributed by atoms with Crippen LogP contribution in [0.2, 0.25) is 0 Å². The van der Waals surface area contributed by atoms with E-state index in [-0.39, 0.29) is 17.2 Å². The number of benzene rings is 2. The summed E-state index contributed by atoms with van der Waals surface area (Å²) in [4.78, 5) is 24.4. The second-order valence-corrected chi connectivity index (χ2v) is 5.84. The van der Waals surface area contributed by atoms with Gasteiger partial charge < -0.3 is 10.2 Å². The molecule has 2 aromatic rings. The molecule has 0 fully saturated rings. The SMILES string of the molecule is CNC(=O)c1cc([N+](=O)[O-])ccc1N(C)Cc1ccccc1Br. The number of nitro groups is 1. The van der Waals surface area contributed by atoms with Crippen molar-refractivity contribution >= 4 is 33.2 Å². The van der Waals surface area contributed by atoms with Gasteiger partial charge in [-0.05, 0) is 17.7 Å². The van der Waals surface area contributed by atoms with Crippen LogP contribution in [0.3, 0.4) is 0 Å². The van der Waals surface area contributed by atoms with Crippen LogP contribution in [0.25, 0.3) is 0 Å². The first-order valence-electron chi connectivity index (χ1n) is 6.89. The quantitative estimate of drug-likeness (QED) is 0.640. The topological polar surface area (TPSA) is 75.5 Å². The fourth-order valence-corrected chi connectivity index (χ4v) is 2.66. The Balaban J connectivity index is 2.39. The molecule has 6 nitrogen and oxygen atoms in total. The number of halogens is 1. The molecule has 0 saturated carbocycles. The van der Waals surface area contributed by atoms with Gasteiger partial charge in [0, 0.05) is 37.2 Å². The van der Waals surface area contributed by atoms with Gasteiger partial charge in [-0.25, -0.2) is 0 Å². The Labute approximate surface area is 142 Å². The first-order valence-corrected chi connectivity index (χ1v) is 7.68. The van der Waals surface area contributed by atoms with Gasteiger partial charge in [0.25, 0.3) is 11.6 Å². The summed E-state index contributed by atoms with van der Waals surface area (Å²) in [5.74, 6) is -0.359. The van der Waals surface area contributed by atoms with E-state index in [1.54, 1.807) is 6.07 Å². The molecule has 0 bridgehead atoms. The van der Waals surface area contributed by atoms with E-state index >= 15 is 0 Å². The Morgan fingerprint density at radius 3 is 2.61 bits per heavy atom. The van der Waals surface area contributed by atoms with Crippen molar-refractivity contribution in [1.82, 2.24) is 5.32 Å². The molecule has 0 saturated heterocycles. The van der Waals surface area contributed by atoms with Crippen LogP contribution >= 0.6 is 15.9 Å². The Bertz CT molecular complexity index is 749. The highest BCUT2D eigenvalue weighted by atomic mass is 79.9. The van der Waals surface area contributed by atoms with Crippen molar-refractivity contribution in [3.63, 3.8) is 0 Å². The molecular weight excluding hydrogens is 362 g/mol. The van der Waals surface area contributed by atoms with E-state index in [0.29, 0.717) is 12.2 Å². The van der Waals surface area contributed by atoms with Crippen LogP contribution in [0.15, 0.2) is 46.9 Å². The second kappa shape index (κ2) is 7.23. The van der Waals surface area contributed by atoms with Gasteiger partial charge in [-0.1, -0.05) is 34.1 Å². The normalized spacial score (nSPS) is 10.2. The number of hydrogen-bond donors (Lipinski definition) is 1. The molecule has 0 unspecified atom stereocenters. The van der Waals surface area contributed by atoms with Crippen molar-refractivity contribution in [3.05, 3.63) is 68.2 Å². The number of carbonyl (C=O) groups is 1. The Hall–Kier alpha value is -2.41. The molecule has 0 heterocycles. The van der Waals surface area contributed by atoms with E-state index in [4.69, 9.17) is 0 Å². The average Bonchev–Trinajstić information content (AvgIpc) is 2.55. The van der Waals surface area contributed by atoms with Gasteiger partial charge in [0.05, 0.1) is 16.2 Å². The fraction of sp³-hybridized carbons (Fsp3) is 0.188. The number of nitrogens with one attached hydrogen (secondary N) is 1. The van der Waals surface area contributed by atoms with Crippen LogP contribution < -0.4 is 10.2 Å². The molecule has 0 aliphatic rings. The summed E-state index contributed by atoms with van der Waals surface area (Å²) in [7, 11) is 3.34. The van der Waals surface area contributed by atoms with Crippen LogP contribution in [-0.4, -0.2) is 24.9 Å². The predicted molar refractivity (Wildman–Crippen MR) is 92.7 cm³/mol. The first-order chi connectivity index (χ1) is 10.9. The zero-order chi connectivity index (χ0) is 17.0. The fourth-order valence-electron chi connectivity index (χ4n) is 2.25. The summed E-state index contributed by atoms with van der Waals surface area (Å²) < 4.78 is 0.968. The average molecular weight is 378 g/mol.